The second kappa shape index (κ2) is 3.87. The molecule has 0 unspecified atom stereocenters. The monoisotopic (exact) mass is 235 g/mol. The molecule has 1 aliphatic heterocycles. The molecule has 0 saturated heterocycles. The highest BCUT2D eigenvalue weighted by Gasteiger charge is 2.39. The number of thioether (sulfide) groups is 1. The van der Waals surface area contributed by atoms with Crippen LogP contribution >= 0.6 is 11.8 Å². The number of carbonyl (C=O) groups is 1. The second-order valence-electron chi connectivity index (χ2n) is 4.06. The Morgan fingerprint density at radius 1 is 1.25 bits per heavy atom. The number of hydrogen-bond acceptors (Lipinski definition) is 4. The topological polar surface area (TPSA) is 52.3 Å². The van der Waals surface area contributed by atoms with Crippen molar-refractivity contribution in [2.75, 3.05) is 0 Å². The van der Waals surface area contributed by atoms with Crippen LogP contribution in [0.2, 0.25) is 0 Å². The van der Waals surface area contributed by atoms with Gasteiger partial charge in [-0.1, -0.05) is 30.0 Å². The molecular weight excluding hydrogens is 222 g/mol. The molecule has 0 spiro atoms. The first-order valence-electron chi connectivity index (χ1n) is 4.97. The summed E-state index contributed by atoms with van der Waals surface area (Å²) in [5.41, 5.74) is 5.73. The maximum Gasteiger partial charge on any atom is 0.347 e. The summed E-state index contributed by atoms with van der Waals surface area (Å²) in [4.78, 5) is 13.1. The van der Waals surface area contributed by atoms with Crippen LogP contribution in [0.15, 0.2) is 45.8 Å². The van der Waals surface area contributed by atoms with E-state index in [4.69, 9.17) is 10.5 Å². The Morgan fingerprint density at radius 3 is 2.38 bits per heavy atom. The molecule has 84 valence electrons. The first-order chi connectivity index (χ1) is 7.50. The molecule has 0 bridgehead atoms. The van der Waals surface area contributed by atoms with Crippen LogP contribution in [-0.2, 0) is 9.53 Å². The summed E-state index contributed by atoms with van der Waals surface area (Å²) in [6.45, 7) is 3.58. The first-order valence-corrected chi connectivity index (χ1v) is 5.79. The Hall–Kier alpha value is -1.42. The summed E-state index contributed by atoms with van der Waals surface area (Å²) in [5.74, 6) is -0.337. The fraction of sp³-hybridized carbons (Fsp3) is 0.250. The van der Waals surface area contributed by atoms with Crippen molar-refractivity contribution in [1.82, 2.24) is 0 Å². The van der Waals surface area contributed by atoms with E-state index in [1.165, 1.54) is 11.8 Å². The van der Waals surface area contributed by atoms with E-state index in [2.05, 4.69) is 0 Å². The van der Waals surface area contributed by atoms with Gasteiger partial charge in [-0.25, -0.2) is 4.79 Å². The van der Waals surface area contributed by atoms with Crippen molar-refractivity contribution in [1.29, 1.82) is 0 Å². The van der Waals surface area contributed by atoms with Gasteiger partial charge in [0.1, 0.15) is 10.5 Å². The van der Waals surface area contributed by atoms with Crippen LogP contribution in [0.5, 0.6) is 0 Å². The van der Waals surface area contributed by atoms with Gasteiger partial charge in [0.05, 0.1) is 5.70 Å². The van der Waals surface area contributed by atoms with Gasteiger partial charge in [-0.05, 0) is 26.0 Å². The van der Waals surface area contributed by atoms with Crippen LogP contribution in [0, 0.1) is 0 Å². The highest BCUT2D eigenvalue weighted by atomic mass is 32.2. The van der Waals surface area contributed by atoms with Crippen LogP contribution in [0.3, 0.4) is 0 Å². The van der Waals surface area contributed by atoms with Crippen molar-refractivity contribution in [2.24, 2.45) is 5.73 Å². The summed E-state index contributed by atoms with van der Waals surface area (Å²) in [7, 11) is 0. The molecule has 4 heteroatoms. The lowest BCUT2D eigenvalue weighted by Gasteiger charge is -2.17. The summed E-state index contributed by atoms with van der Waals surface area (Å²) < 4.78 is 5.19. The van der Waals surface area contributed by atoms with Gasteiger partial charge < -0.3 is 10.5 Å². The Kier molecular flexibility index (Phi) is 2.68. The van der Waals surface area contributed by atoms with Crippen molar-refractivity contribution in [3.05, 3.63) is 40.9 Å². The molecule has 0 atom stereocenters. The molecule has 2 rings (SSSR count). The lowest BCUT2D eigenvalue weighted by atomic mass is 10.1. The van der Waals surface area contributed by atoms with Gasteiger partial charge in [0, 0.05) is 4.90 Å². The van der Waals surface area contributed by atoms with Gasteiger partial charge in [-0.3, -0.25) is 0 Å². The molecule has 0 radical (unpaired) electrons. The summed E-state index contributed by atoms with van der Waals surface area (Å²) >= 11 is 1.35. The smallest absolute Gasteiger partial charge is 0.347 e. The van der Waals surface area contributed by atoms with Crippen LogP contribution in [0.4, 0.5) is 0 Å². The molecule has 1 heterocycles. The normalized spacial score (nSPS) is 18.8. The predicted octanol–water partition coefficient (Wildman–Crippen LogP) is 2.28. The minimum Gasteiger partial charge on any atom is -0.449 e. The second-order valence-corrected chi connectivity index (χ2v) is 5.14. The van der Waals surface area contributed by atoms with Crippen molar-refractivity contribution in [2.45, 2.75) is 24.3 Å². The van der Waals surface area contributed by atoms with Gasteiger partial charge in [0.2, 0.25) is 0 Å². The van der Waals surface area contributed by atoms with Crippen LogP contribution in [-0.4, -0.2) is 11.6 Å². The molecule has 0 aliphatic carbocycles. The average Bonchev–Trinajstić information content (AvgIpc) is 2.42. The van der Waals surface area contributed by atoms with Crippen molar-refractivity contribution < 1.29 is 9.53 Å². The Balaban J connectivity index is 2.29. The van der Waals surface area contributed by atoms with Gasteiger partial charge in [0.15, 0.2) is 0 Å². The lowest BCUT2D eigenvalue weighted by Crippen LogP contribution is -2.27. The standard InChI is InChI=1S/C12H13NO2S/c1-12(2)10(13)9(11(14)15-12)16-8-6-4-3-5-7-8/h3-7H,13H2,1-2H3. The average molecular weight is 235 g/mol. The fourth-order valence-electron chi connectivity index (χ4n) is 1.42. The van der Waals surface area contributed by atoms with Crippen LogP contribution in [0.1, 0.15) is 13.8 Å². The molecule has 16 heavy (non-hydrogen) atoms. The summed E-state index contributed by atoms with van der Waals surface area (Å²) in [5, 5.41) is 0. The number of benzene rings is 1. The number of cyclic esters (lactones) is 1. The van der Waals surface area contributed by atoms with E-state index in [1.54, 1.807) is 13.8 Å². The number of esters is 1. The van der Waals surface area contributed by atoms with Gasteiger partial charge in [-0.15, -0.1) is 0 Å². The van der Waals surface area contributed by atoms with Crippen molar-refractivity contribution in [3.8, 4) is 0 Å². The third-order valence-electron chi connectivity index (χ3n) is 2.39. The number of rotatable bonds is 2. The SMILES string of the molecule is CC1(C)OC(=O)C(Sc2ccccc2)=C1N. The number of ether oxygens (including phenoxy) is 1. The van der Waals surface area contributed by atoms with E-state index < -0.39 is 5.60 Å². The third-order valence-corrected chi connectivity index (χ3v) is 3.49. The zero-order chi connectivity index (χ0) is 11.8. The van der Waals surface area contributed by atoms with Crippen LogP contribution < -0.4 is 5.73 Å². The zero-order valence-corrected chi connectivity index (χ0v) is 10.0. The number of hydrogen-bond donors (Lipinski definition) is 1. The van der Waals surface area contributed by atoms with Crippen molar-refractivity contribution in [3.63, 3.8) is 0 Å². The minimum atomic E-state index is -0.686. The summed E-state index contributed by atoms with van der Waals surface area (Å²) in [6.07, 6.45) is 0. The maximum atomic E-state index is 11.6. The van der Waals surface area contributed by atoms with Crippen molar-refractivity contribution >= 4 is 17.7 Å². The van der Waals surface area contributed by atoms with Gasteiger partial charge in [0.25, 0.3) is 0 Å². The molecule has 1 aromatic rings. The number of nitrogens with two attached hydrogens (primary N) is 1. The molecule has 0 saturated carbocycles. The first kappa shape index (κ1) is 11.1. The molecule has 0 aromatic heterocycles. The van der Waals surface area contributed by atoms with E-state index in [0.29, 0.717) is 10.6 Å². The quantitative estimate of drug-likeness (QED) is 0.799. The molecule has 3 nitrogen and oxygen atoms in total. The molecule has 0 amide bonds. The highest BCUT2D eigenvalue weighted by molar-refractivity contribution is 8.04. The van der Waals surface area contributed by atoms with E-state index in [-0.39, 0.29) is 5.97 Å². The lowest BCUT2D eigenvalue weighted by molar-refractivity contribution is -0.143. The molecule has 1 aliphatic rings. The van der Waals surface area contributed by atoms with E-state index in [9.17, 15) is 4.79 Å². The molecular formula is C12H13NO2S. The third kappa shape index (κ3) is 1.93. The Labute approximate surface area is 98.7 Å². The Morgan fingerprint density at radius 2 is 1.88 bits per heavy atom. The largest absolute Gasteiger partial charge is 0.449 e. The molecule has 2 N–H and O–H groups in total. The summed E-state index contributed by atoms with van der Waals surface area (Å²) in [6, 6.07) is 9.64. The zero-order valence-electron chi connectivity index (χ0n) is 9.19. The van der Waals surface area contributed by atoms with Gasteiger partial charge in [-0.2, -0.15) is 0 Å². The maximum absolute atomic E-state index is 11.6. The Bertz CT molecular complexity index is 451. The molecule has 0 fully saturated rings. The number of carbonyl (C=O) groups excluding carboxylic acids is 1. The minimum absolute atomic E-state index is 0.337. The highest BCUT2D eigenvalue weighted by Crippen LogP contribution is 2.38. The molecule has 1 aromatic carbocycles. The van der Waals surface area contributed by atoms with E-state index in [1.807, 2.05) is 30.3 Å². The fourth-order valence-corrected chi connectivity index (χ4v) is 2.43. The predicted molar refractivity (Wildman–Crippen MR) is 63.7 cm³/mol. The van der Waals surface area contributed by atoms with Crippen LogP contribution in [0.25, 0.3) is 0 Å². The van der Waals surface area contributed by atoms with E-state index in [0.717, 1.165) is 4.90 Å². The van der Waals surface area contributed by atoms with E-state index >= 15 is 0 Å². The van der Waals surface area contributed by atoms with Gasteiger partial charge >= 0.3 is 5.97 Å².